The summed E-state index contributed by atoms with van der Waals surface area (Å²) in [6, 6.07) is 4.03. The van der Waals surface area contributed by atoms with Gasteiger partial charge in [0.2, 0.25) is 0 Å². The van der Waals surface area contributed by atoms with Crippen molar-refractivity contribution < 1.29 is 27.5 Å². The molecule has 0 bridgehead atoms. The Labute approximate surface area is 87.8 Å². The largest absolute Gasteiger partial charge is 0.507 e. The molecule has 0 fully saturated rings. The van der Waals surface area contributed by atoms with Crippen molar-refractivity contribution in [2.75, 3.05) is 0 Å². The average molecular weight is 234 g/mol. The molecule has 16 heavy (non-hydrogen) atoms. The van der Waals surface area contributed by atoms with Crippen molar-refractivity contribution in [2.45, 2.75) is 6.18 Å². The van der Waals surface area contributed by atoms with E-state index in [-0.39, 0.29) is 11.6 Å². The quantitative estimate of drug-likeness (QED) is 0.485. The smallest absolute Gasteiger partial charge is 0.454 e. The summed E-state index contributed by atoms with van der Waals surface area (Å²) in [4.78, 5) is 10.5. The number of benzene rings is 1. The molecule has 0 spiro atoms. The van der Waals surface area contributed by atoms with Crippen LogP contribution in [0.3, 0.4) is 0 Å². The van der Waals surface area contributed by atoms with Crippen LogP contribution in [0.5, 0.6) is 0 Å². The van der Waals surface area contributed by atoms with Crippen molar-refractivity contribution in [3.05, 3.63) is 41.7 Å². The van der Waals surface area contributed by atoms with E-state index in [0.717, 1.165) is 24.3 Å². The maximum Gasteiger partial charge on any atom is 0.454 e. The molecule has 0 saturated heterocycles. The Morgan fingerprint density at radius 1 is 1.19 bits per heavy atom. The third kappa shape index (κ3) is 3.08. The normalized spacial score (nSPS) is 12.6. The highest BCUT2D eigenvalue weighted by molar-refractivity contribution is 5.99. The molecule has 1 rings (SSSR count). The van der Waals surface area contributed by atoms with E-state index in [1.165, 1.54) is 0 Å². The molecule has 1 aromatic rings. The number of carbonyl (C=O) groups excluding carboxylic acids is 1. The van der Waals surface area contributed by atoms with Gasteiger partial charge < -0.3 is 5.11 Å². The zero-order chi connectivity index (χ0) is 12.3. The number of alkyl halides is 3. The van der Waals surface area contributed by atoms with Gasteiger partial charge in [-0.05, 0) is 24.3 Å². The number of hydrogen-bond donors (Lipinski definition) is 1. The molecule has 0 saturated carbocycles. The van der Waals surface area contributed by atoms with Crippen LogP contribution in [0.4, 0.5) is 17.6 Å². The monoisotopic (exact) mass is 234 g/mol. The second kappa shape index (κ2) is 4.34. The van der Waals surface area contributed by atoms with Crippen molar-refractivity contribution in [1.29, 1.82) is 0 Å². The van der Waals surface area contributed by atoms with Crippen molar-refractivity contribution >= 4 is 11.5 Å². The third-order valence-electron chi connectivity index (χ3n) is 1.69. The van der Waals surface area contributed by atoms with Crippen molar-refractivity contribution in [3.63, 3.8) is 0 Å². The standard InChI is InChI=1S/C10H6F4O2/c11-7-3-1-6(2-4-7)8(15)5-9(16)10(12,13)14/h1-5,15H. The van der Waals surface area contributed by atoms with Gasteiger partial charge in [0.1, 0.15) is 11.6 Å². The molecule has 2 nitrogen and oxygen atoms in total. The van der Waals surface area contributed by atoms with Gasteiger partial charge in [0.05, 0.1) is 0 Å². The van der Waals surface area contributed by atoms with Gasteiger partial charge in [-0.1, -0.05) is 0 Å². The summed E-state index contributed by atoms with van der Waals surface area (Å²) in [5, 5.41) is 9.16. The molecule has 6 heteroatoms. The maximum absolute atomic E-state index is 12.5. The zero-order valence-electron chi connectivity index (χ0n) is 7.75. The van der Waals surface area contributed by atoms with Crippen LogP contribution in [0.1, 0.15) is 5.56 Å². The van der Waals surface area contributed by atoms with E-state index in [1.54, 1.807) is 0 Å². The number of aliphatic hydroxyl groups excluding tert-OH is 1. The summed E-state index contributed by atoms with van der Waals surface area (Å²) >= 11 is 0. The van der Waals surface area contributed by atoms with E-state index in [2.05, 4.69) is 0 Å². The number of halogens is 4. The van der Waals surface area contributed by atoms with Crippen LogP contribution in [0.25, 0.3) is 5.76 Å². The number of ketones is 1. The molecule has 86 valence electrons. The van der Waals surface area contributed by atoms with E-state index in [4.69, 9.17) is 5.11 Å². The molecule has 0 atom stereocenters. The minimum atomic E-state index is -5.03. The number of hydrogen-bond acceptors (Lipinski definition) is 2. The minimum absolute atomic E-state index is 0.0488. The van der Waals surface area contributed by atoms with E-state index in [0.29, 0.717) is 0 Å². The first-order valence-electron chi connectivity index (χ1n) is 4.08. The number of allylic oxidation sites excluding steroid dienone is 1. The van der Waals surface area contributed by atoms with E-state index in [1.807, 2.05) is 0 Å². The van der Waals surface area contributed by atoms with Gasteiger partial charge in [-0.2, -0.15) is 13.2 Å². The van der Waals surface area contributed by atoms with Crippen LogP contribution in [0, 0.1) is 5.82 Å². The Morgan fingerprint density at radius 2 is 1.69 bits per heavy atom. The lowest BCUT2D eigenvalue weighted by molar-refractivity contribution is -0.165. The molecule has 0 aliphatic carbocycles. The first-order chi connectivity index (χ1) is 7.30. The Morgan fingerprint density at radius 3 is 2.12 bits per heavy atom. The molecule has 0 heterocycles. The molecule has 0 unspecified atom stereocenters. The van der Waals surface area contributed by atoms with Crippen LogP contribution in [0.15, 0.2) is 30.3 Å². The van der Waals surface area contributed by atoms with Gasteiger partial charge >= 0.3 is 6.18 Å². The van der Waals surface area contributed by atoms with E-state index < -0.39 is 23.5 Å². The summed E-state index contributed by atoms with van der Waals surface area (Å²) in [5.74, 6) is -3.63. The predicted molar refractivity (Wildman–Crippen MR) is 48.1 cm³/mol. The van der Waals surface area contributed by atoms with Gasteiger partial charge in [0.25, 0.3) is 5.78 Å². The number of aliphatic hydroxyl groups is 1. The van der Waals surface area contributed by atoms with Crippen LogP contribution in [-0.2, 0) is 4.79 Å². The van der Waals surface area contributed by atoms with Gasteiger partial charge in [-0.25, -0.2) is 4.39 Å². The fraction of sp³-hybridized carbons (Fsp3) is 0.100. The molecule has 0 aliphatic rings. The second-order valence-corrected chi connectivity index (χ2v) is 2.90. The molecule has 0 radical (unpaired) electrons. The van der Waals surface area contributed by atoms with Crippen molar-refractivity contribution in [3.8, 4) is 0 Å². The fourth-order valence-corrected chi connectivity index (χ4v) is 0.910. The van der Waals surface area contributed by atoms with Gasteiger partial charge in [0, 0.05) is 11.6 Å². The van der Waals surface area contributed by atoms with Gasteiger partial charge in [-0.15, -0.1) is 0 Å². The molecule has 1 N–H and O–H groups in total. The SMILES string of the molecule is O=C(C=C(O)c1ccc(F)cc1)C(F)(F)F. The van der Waals surface area contributed by atoms with Crippen LogP contribution >= 0.6 is 0 Å². The fourth-order valence-electron chi connectivity index (χ4n) is 0.910. The Balaban J connectivity index is 2.94. The molecular formula is C10H6F4O2. The summed E-state index contributed by atoms with van der Waals surface area (Å²) in [6.45, 7) is 0. The van der Waals surface area contributed by atoms with E-state index in [9.17, 15) is 22.4 Å². The molecular weight excluding hydrogens is 228 g/mol. The molecule has 0 aliphatic heterocycles. The highest BCUT2D eigenvalue weighted by Crippen LogP contribution is 2.19. The highest BCUT2D eigenvalue weighted by Gasteiger charge is 2.36. The minimum Gasteiger partial charge on any atom is -0.507 e. The average Bonchev–Trinajstić information content (AvgIpc) is 2.17. The lowest BCUT2D eigenvalue weighted by atomic mass is 10.1. The van der Waals surface area contributed by atoms with Crippen LogP contribution in [-0.4, -0.2) is 17.1 Å². The first-order valence-corrected chi connectivity index (χ1v) is 4.08. The van der Waals surface area contributed by atoms with Crippen molar-refractivity contribution in [1.82, 2.24) is 0 Å². The highest BCUT2D eigenvalue weighted by atomic mass is 19.4. The van der Waals surface area contributed by atoms with Gasteiger partial charge in [-0.3, -0.25) is 4.79 Å². The first kappa shape index (κ1) is 12.2. The molecule has 1 aromatic carbocycles. The summed E-state index contributed by atoms with van der Waals surface area (Å²) in [7, 11) is 0. The third-order valence-corrected chi connectivity index (χ3v) is 1.69. The lowest BCUT2D eigenvalue weighted by Crippen LogP contribution is -2.20. The number of rotatable bonds is 2. The second-order valence-electron chi connectivity index (χ2n) is 2.90. The van der Waals surface area contributed by atoms with Crippen LogP contribution in [0.2, 0.25) is 0 Å². The van der Waals surface area contributed by atoms with Gasteiger partial charge in [0.15, 0.2) is 0 Å². The summed E-state index contributed by atoms with van der Waals surface area (Å²) in [6.07, 6.45) is -4.98. The summed E-state index contributed by atoms with van der Waals surface area (Å²) in [5.41, 5.74) is -0.0704. The zero-order valence-corrected chi connectivity index (χ0v) is 7.75. The topological polar surface area (TPSA) is 37.3 Å². The predicted octanol–water partition coefficient (Wildman–Crippen LogP) is 2.86. The van der Waals surface area contributed by atoms with Crippen LogP contribution < -0.4 is 0 Å². The van der Waals surface area contributed by atoms with E-state index >= 15 is 0 Å². The lowest BCUT2D eigenvalue weighted by Gasteiger charge is -2.02. The molecule has 0 amide bonds. The number of carbonyl (C=O) groups is 1. The summed E-state index contributed by atoms with van der Waals surface area (Å²) < 4.78 is 47.9. The van der Waals surface area contributed by atoms with Crippen molar-refractivity contribution in [2.24, 2.45) is 0 Å². The Bertz CT molecular complexity index is 417. The molecule has 0 aromatic heterocycles. The Kier molecular flexibility index (Phi) is 3.31. The maximum atomic E-state index is 12.5. The Hall–Kier alpha value is -1.85.